The summed E-state index contributed by atoms with van der Waals surface area (Å²) in [6.45, 7) is 0.920. The molecule has 2 bridgehead atoms. The smallest absolute Gasteiger partial charge is 0.338 e. The number of nitrogens with zero attached hydrogens (tertiary/aromatic N) is 1. The van der Waals surface area contributed by atoms with Gasteiger partial charge in [0.2, 0.25) is 11.8 Å². The Kier molecular flexibility index (Phi) is 6.54. The molecule has 2 aliphatic carbocycles. The van der Waals surface area contributed by atoms with Gasteiger partial charge in [0.05, 0.1) is 23.1 Å². The first-order valence-electron chi connectivity index (χ1n) is 13.4. The number of carbonyl (C=O) groups is 5. The van der Waals surface area contributed by atoms with Gasteiger partial charge in [-0.1, -0.05) is 42.5 Å². The number of fused-ring (bicyclic) bond motifs is 5. The number of ketones is 1. The molecule has 6 rings (SSSR count). The molecule has 3 aromatic rings. The molecule has 3 aromatic carbocycles. The van der Waals surface area contributed by atoms with Gasteiger partial charge in [0.1, 0.15) is 0 Å². The van der Waals surface area contributed by atoms with Gasteiger partial charge in [-0.25, -0.2) is 4.79 Å². The van der Waals surface area contributed by atoms with Crippen molar-refractivity contribution in [1.29, 1.82) is 0 Å². The molecule has 5 atom stereocenters. The summed E-state index contributed by atoms with van der Waals surface area (Å²) in [6, 6.07) is 22.8. The first-order valence-corrected chi connectivity index (χ1v) is 13.4. The van der Waals surface area contributed by atoms with Crippen molar-refractivity contribution in [2.45, 2.75) is 25.7 Å². The van der Waals surface area contributed by atoms with Gasteiger partial charge < -0.3 is 10.1 Å². The third-order valence-electron chi connectivity index (χ3n) is 8.49. The highest BCUT2D eigenvalue weighted by Crippen LogP contribution is 2.61. The number of esters is 1. The second-order valence-electron chi connectivity index (χ2n) is 10.8. The predicted molar refractivity (Wildman–Crippen MR) is 147 cm³/mol. The Morgan fingerprint density at radius 3 is 2.30 bits per heavy atom. The predicted octanol–water partition coefficient (Wildman–Crippen LogP) is 4.61. The van der Waals surface area contributed by atoms with Crippen molar-refractivity contribution >= 4 is 40.8 Å². The van der Waals surface area contributed by atoms with E-state index in [1.807, 2.05) is 18.2 Å². The van der Waals surface area contributed by atoms with E-state index in [1.165, 1.54) is 29.5 Å². The summed E-state index contributed by atoms with van der Waals surface area (Å²) >= 11 is 0. The van der Waals surface area contributed by atoms with Gasteiger partial charge in [-0.05, 0) is 79.5 Å². The van der Waals surface area contributed by atoms with E-state index in [0.29, 0.717) is 16.9 Å². The van der Waals surface area contributed by atoms with Gasteiger partial charge in [-0.3, -0.25) is 24.1 Å². The molecule has 8 nitrogen and oxygen atoms in total. The zero-order valence-electron chi connectivity index (χ0n) is 21.9. The highest BCUT2D eigenvalue weighted by atomic mass is 16.5. The van der Waals surface area contributed by atoms with Gasteiger partial charge in [0, 0.05) is 11.3 Å². The van der Waals surface area contributed by atoms with Gasteiger partial charge in [0.25, 0.3) is 5.91 Å². The van der Waals surface area contributed by atoms with Gasteiger partial charge in [-0.2, -0.15) is 0 Å². The fourth-order valence-corrected chi connectivity index (χ4v) is 6.77. The molecule has 0 unspecified atom stereocenters. The van der Waals surface area contributed by atoms with E-state index >= 15 is 0 Å². The molecule has 3 fully saturated rings. The van der Waals surface area contributed by atoms with E-state index in [2.05, 4.69) is 17.4 Å². The number of rotatable bonds is 7. The number of amides is 3. The van der Waals surface area contributed by atoms with Crippen molar-refractivity contribution in [3.63, 3.8) is 0 Å². The summed E-state index contributed by atoms with van der Waals surface area (Å²) in [7, 11) is 0. The van der Waals surface area contributed by atoms with Gasteiger partial charge in [0.15, 0.2) is 12.4 Å². The molecule has 0 spiro atoms. The molecule has 8 heteroatoms. The lowest BCUT2D eigenvalue weighted by Gasteiger charge is -2.28. The molecule has 1 N–H and O–H groups in total. The summed E-state index contributed by atoms with van der Waals surface area (Å²) < 4.78 is 5.13. The van der Waals surface area contributed by atoms with Crippen LogP contribution < -0.4 is 10.2 Å². The Labute approximate surface area is 231 Å². The maximum atomic E-state index is 13.5. The van der Waals surface area contributed by atoms with Crippen LogP contribution in [-0.4, -0.2) is 36.1 Å². The third kappa shape index (κ3) is 4.49. The number of imide groups is 1. The highest BCUT2D eigenvalue weighted by Gasteiger charge is 2.64. The number of anilines is 2. The molecule has 1 aliphatic heterocycles. The molecular weight excluding hydrogens is 508 g/mol. The van der Waals surface area contributed by atoms with Crippen LogP contribution in [0.25, 0.3) is 0 Å². The molecule has 2 saturated carbocycles. The van der Waals surface area contributed by atoms with E-state index in [9.17, 15) is 24.0 Å². The topological polar surface area (TPSA) is 110 Å². The summed E-state index contributed by atoms with van der Waals surface area (Å²) in [5.41, 5.74) is 2.73. The minimum atomic E-state index is -0.709. The van der Waals surface area contributed by atoms with Gasteiger partial charge in [-0.15, -0.1) is 0 Å². The number of carbonyl (C=O) groups excluding carboxylic acids is 5. The second kappa shape index (κ2) is 10.2. The Balaban J connectivity index is 1.09. The van der Waals surface area contributed by atoms with E-state index in [4.69, 9.17) is 4.74 Å². The molecule has 1 saturated heterocycles. The molecular formula is C32H28N2O6. The van der Waals surface area contributed by atoms with Crippen LogP contribution in [0.3, 0.4) is 0 Å². The first kappa shape index (κ1) is 25.7. The zero-order valence-corrected chi connectivity index (χ0v) is 21.9. The lowest BCUT2D eigenvalue weighted by atomic mass is 9.73. The van der Waals surface area contributed by atoms with Crippen LogP contribution in [0, 0.1) is 23.7 Å². The van der Waals surface area contributed by atoms with Crippen LogP contribution in [0.5, 0.6) is 0 Å². The van der Waals surface area contributed by atoms with Crippen LogP contribution in [-0.2, 0) is 19.1 Å². The van der Waals surface area contributed by atoms with Crippen molar-refractivity contribution in [2.24, 2.45) is 23.7 Å². The van der Waals surface area contributed by atoms with Crippen LogP contribution >= 0.6 is 0 Å². The minimum Gasteiger partial charge on any atom is -0.452 e. The fraction of sp³-hybridized carbons (Fsp3) is 0.281. The van der Waals surface area contributed by atoms with E-state index in [0.717, 1.165) is 12.8 Å². The van der Waals surface area contributed by atoms with Crippen molar-refractivity contribution in [2.75, 3.05) is 16.8 Å². The van der Waals surface area contributed by atoms with Crippen molar-refractivity contribution in [1.82, 2.24) is 0 Å². The minimum absolute atomic E-state index is 0.129. The number of hydrogen-bond donors (Lipinski definition) is 1. The maximum Gasteiger partial charge on any atom is 0.338 e. The number of hydrogen-bond acceptors (Lipinski definition) is 6. The molecule has 1 heterocycles. The fourth-order valence-electron chi connectivity index (χ4n) is 6.77. The van der Waals surface area contributed by atoms with E-state index < -0.39 is 18.5 Å². The summed E-state index contributed by atoms with van der Waals surface area (Å²) in [5, 5.41) is 2.59. The largest absolute Gasteiger partial charge is 0.452 e. The van der Waals surface area contributed by atoms with Crippen molar-refractivity contribution < 1.29 is 28.7 Å². The maximum absolute atomic E-state index is 13.5. The Bertz CT molecular complexity index is 1520. The number of benzene rings is 3. The average molecular weight is 537 g/mol. The SMILES string of the molecule is CC(=O)c1cccc(NC(=O)COC(=O)c2ccc(N3C(=O)[C@@H]4[C@@H]5C[C@@H]([C@@H]4C3=O)[C@@H](c3ccccc3)C5)cc2)c1. The molecule has 0 aromatic heterocycles. The van der Waals surface area contributed by atoms with Crippen LogP contribution in [0.2, 0.25) is 0 Å². The standard InChI is InChI=1S/C32H28N2O6/c1-18(35)21-8-5-9-23(14-21)33-27(36)17-40-32(39)20-10-12-24(13-11-20)34-30(37)28-22-15-25(19-6-3-2-4-7-19)26(16-22)29(28)31(34)38/h2-14,22,25-26,28-29H,15-17H2,1H3,(H,33,36)/t22-,25+,26+,28+,29-/m0/s1. The molecule has 202 valence electrons. The summed E-state index contributed by atoms with van der Waals surface area (Å²) in [6.07, 6.45) is 1.82. The number of nitrogens with one attached hydrogen (secondary N) is 1. The highest BCUT2D eigenvalue weighted by molar-refractivity contribution is 6.22. The van der Waals surface area contributed by atoms with Crippen LogP contribution in [0.4, 0.5) is 11.4 Å². The summed E-state index contributed by atoms with van der Waals surface area (Å²) in [5.74, 6) is -1.65. The zero-order chi connectivity index (χ0) is 28.0. The number of ether oxygens (including phenoxy) is 1. The Hall–Kier alpha value is -4.59. The van der Waals surface area contributed by atoms with Crippen molar-refractivity contribution in [3.8, 4) is 0 Å². The molecule has 3 amide bonds. The number of Topliss-reactive ketones (excluding diaryl/α,β-unsaturated/α-hetero) is 1. The first-order chi connectivity index (χ1) is 19.3. The monoisotopic (exact) mass is 536 g/mol. The van der Waals surface area contributed by atoms with E-state index in [1.54, 1.807) is 36.4 Å². The molecule has 0 radical (unpaired) electrons. The van der Waals surface area contributed by atoms with E-state index in [-0.39, 0.29) is 52.8 Å². The summed E-state index contributed by atoms with van der Waals surface area (Å²) in [4.78, 5) is 64.5. The van der Waals surface area contributed by atoms with Crippen molar-refractivity contribution in [3.05, 3.63) is 95.6 Å². The Morgan fingerprint density at radius 1 is 0.850 bits per heavy atom. The van der Waals surface area contributed by atoms with Crippen LogP contribution in [0.15, 0.2) is 78.9 Å². The molecule has 3 aliphatic rings. The second-order valence-corrected chi connectivity index (χ2v) is 10.8. The quantitative estimate of drug-likeness (QED) is 0.268. The lowest BCUT2D eigenvalue weighted by Crippen LogP contribution is -2.33. The Morgan fingerprint density at radius 2 is 1.57 bits per heavy atom. The molecule has 40 heavy (non-hydrogen) atoms. The third-order valence-corrected chi connectivity index (χ3v) is 8.49. The van der Waals surface area contributed by atoms with Crippen LogP contribution in [0.1, 0.15) is 52.0 Å². The normalized spacial score (nSPS) is 24.6. The van der Waals surface area contributed by atoms with Gasteiger partial charge >= 0.3 is 5.97 Å². The lowest BCUT2D eigenvalue weighted by molar-refractivity contribution is -0.123. The average Bonchev–Trinajstić information content (AvgIpc) is 3.63.